The number of carbonyl (C=O) groups is 2. The van der Waals surface area contributed by atoms with Gasteiger partial charge in [0.15, 0.2) is 0 Å². The Hall–Kier alpha value is -3.81. The van der Waals surface area contributed by atoms with Crippen LogP contribution in [-0.4, -0.2) is 23.8 Å². The van der Waals surface area contributed by atoms with Crippen molar-refractivity contribution in [1.29, 1.82) is 0 Å². The zero-order chi connectivity index (χ0) is 22.2. The lowest BCUT2D eigenvalue weighted by Gasteiger charge is -2.17. The number of aromatic carboxylic acids is 1. The van der Waals surface area contributed by atoms with E-state index in [0.717, 1.165) is 34.4 Å². The topological polar surface area (TPSA) is 75.6 Å². The molecule has 0 spiro atoms. The largest absolute Gasteiger partial charge is 0.478 e. The molecule has 0 radical (unpaired) electrons. The third-order valence-electron chi connectivity index (χ3n) is 5.17. The average Bonchev–Trinajstić information content (AvgIpc) is 3.05. The number of hydrogen-bond acceptors (Lipinski definition) is 3. The van der Waals surface area contributed by atoms with E-state index < -0.39 is 35.1 Å². The summed E-state index contributed by atoms with van der Waals surface area (Å²) in [5.41, 5.74) is 1.10. The summed E-state index contributed by atoms with van der Waals surface area (Å²) in [7, 11) is 0. The average molecular weight is 427 g/mol. The van der Waals surface area contributed by atoms with Crippen LogP contribution in [0.1, 0.15) is 33.0 Å². The van der Waals surface area contributed by atoms with Crippen molar-refractivity contribution in [2.45, 2.75) is 12.1 Å². The Morgan fingerprint density at radius 3 is 2.03 bits per heavy atom. The molecule has 158 valence electrons. The van der Waals surface area contributed by atoms with E-state index in [9.17, 15) is 27.9 Å². The van der Waals surface area contributed by atoms with Gasteiger partial charge >= 0.3 is 18.2 Å². The van der Waals surface area contributed by atoms with Gasteiger partial charge in [0, 0.05) is 5.92 Å². The van der Waals surface area contributed by atoms with Crippen LogP contribution >= 0.6 is 0 Å². The number of carbonyl (C=O) groups excluding carboxylic acids is 1. The van der Waals surface area contributed by atoms with Gasteiger partial charge in [0.2, 0.25) is 0 Å². The van der Waals surface area contributed by atoms with Crippen molar-refractivity contribution in [3.63, 3.8) is 0 Å². The van der Waals surface area contributed by atoms with Gasteiger partial charge < -0.3 is 9.84 Å². The number of benzene rings is 3. The minimum Gasteiger partial charge on any atom is -0.478 e. The van der Waals surface area contributed by atoms with E-state index in [1.54, 1.807) is 0 Å². The fourth-order valence-electron chi connectivity index (χ4n) is 3.84. The molecule has 5 nitrogen and oxygen atoms in total. The number of hydrogen-bond donors (Lipinski definition) is 2. The maximum absolute atomic E-state index is 13.3. The lowest BCUT2D eigenvalue weighted by Crippen LogP contribution is -2.22. The number of ether oxygens (including phenoxy) is 1. The van der Waals surface area contributed by atoms with E-state index >= 15 is 0 Å². The second-order valence-corrected chi connectivity index (χ2v) is 6.98. The van der Waals surface area contributed by atoms with Crippen LogP contribution in [-0.2, 0) is 10.9 Å². The molecule has 0 unspecified atom stereocenters. The Bertz CT molecular complexity index is 1130. The van der Waals surface area contributed by atoms with Crippen molar-refractivity contribution in [2.24, 2.45) is 0 Å². The first-order chi connectivity index (χ1) is 14.8. The van der Waals surface area contributed by atoms with Crippen LogP contribution in [0.5, 0.6) is 0 Å². The zero-order valence-electron chi connectivity index (χ0n) is 15.9. The maximum atomic E-state index is 13.3. The van der Waals surface area contributed by atoms with E-state index in [4.69, 9.17) is 4.74 Å². The summed E-state index contributed by atoms with van der Waals surface area (Å²) in [6.45, 7) is -0.115. The van der Waals surface area contributed by atoms with Crippen molar-refractivity contribution in [3.05, 3.63) is 89.0 Å². The molecule has 0 aliphatic heterocycles. The van der Waals surface area contributed by atoms with Crippen LogP contribution in [0.15, 0.2) is 66.7 Å². The molecule has 1 amide bonds. The summed E-state index contributed by atoms with van der Waals surface area (Å²) < 4.78 is 45.2. The molecule has 0 heterocycles. The summed E-state index contributed by atoms with van der Waals surface area (Å²) in [5.74, 6) is -1.88. The van der Waals surface area contributed by atoms with Gasteiger partial charge in [-0.25, -0.2) is 9.59 Å². The molecular formula is C23H16F3NO4. The molecule has 0 fully saturated rings. The van der Waals surface area contributed by atoms with E-state index in [1.807, 2.05) is 53.8 Å². The number of fused-ring (bicyclic) bond motifs is 3. The lowest BCUT2D eigenvalue weighted by atomic mass is 9.98. The molecule has 3 aromatic rings. The Balaban J connectivity index is 1.57. The molecule has 0 saturated heterocycles. The number of amides is 1. The van der Waals surface area contributed by atoms with Crippen LogP contribution in [0.2, 0.25) is 0 Å². The maximum Gasteiger partial charge on any atom is 0.418 e. The number of para-hydroxylation sites is 1. The molecule has 1 aliphatic rings. The number of nitrogens with one attached hydrogen (secondary N) is 1. The standard InChI is InChI=1S/C23H16F3NO4/c24-23(25,26)19-11-5-10-17(21(28)29)20(19)27-22(30)31-12-18-15-8-3-1-6-13(15)14-7-2-4-9-16(14)18/h1-11,18H,12H2,(H,27,30)(H,28,29). The number of halogens is 3. The number of rotatable bonds is 4. The van der Waals surface area contributed by atoms with Gasteiger partial charge in [-0.1, -0.05) is 54.6 Å². The quantitative estimate of drug-likeness (QED) is 0.555. The predicted molar refractivity (Wildman–Crippen MR) is 107 cm³/mol. The van der Waals surface area contributed by atoms with E-state index in [-0.39, 0.29) is 12.5 Å². The highest BCUT2D eigenvalue weighted by molar-refractivity contribution is 6.00. The highest BCUT2D eigenvalue weighted by Crippen LogP contribution is 2.44. The Labute approximate surface area is 175 Å². The van der Waals surface area contributed by atoms with Crippen LogP contribution in [0.4, 0.5) is 23.7 Å². The van der Waals surface area contributed by atoms with Gasteiger partial charge in [0.05, 0.1) is 16.8 Å². The van der Waals surface area contributed by atoms with Crippen LogP contribution in [0, 0.1) is 0 Å². The minimum atomic E-state index is -4.85. The van der Waals surface area contributed by atoms with Crippen molar-refractivity contribution in [3.8, 4) is 11.1 Å². The first-order valence-corrected chi connectivity index (χ1v) is 9.33. The molecule has 0 aromatic heterocycles. The van der Waals surface area contributed by atoms with Gasteiger partial charge in [-0.2, -0.15) is 13.2 Å². The first kappa shape index (κ1) is 20.5. The van der Waals surface area contributed by atoms with Gasteiger partial charge in [-0.15, -0.1) is 0 Å². The normalized spacial score (nSPS) is 12.7. The molecular weight excluding hydrogens is 411 g/mol. The SMILES string of the molecule is O=C(Nc1c(C(=O)O)cccc1C(F)(F)F)OCC1c2ccccc2-c2ccccc21. The molecule has 31 heavy (non-hydrogen) atoms. The Morgan fingerprint density at radius 1 is 0.903 bits per heavy atom. The Kier molecular flexibility index (Phi) is 5.14. The predicted octanol–water partition coefficient (Wildman–Crippen LogP) is 5.76. The first-order valence-electron chi connectivity index (χ1n) is 9.33. The molecule has 3 aromatic carbocycles. The summed E-state index contributed by atoms with van der Waals surface area (Å²) >= 11 is 0. The molecule has 0 bridgehead atoms. The molecule has 0 saturated carbocycles. The Morgan fingerprint density at radius 2 is 1.48 bits per heavy atom. The van der Waals surface area contributed by atoms with Crippen molar-refractivity contribution in [2.75, 3.05) is 11.9 Å². The van der Waals surface area contributed by atoms with Gasteiger partial charge in [-0.05, 0) is 34.4 Å². The molecule has 8 heteroatoms. The fraction of sp³-hybridized carbons (Fsp3) is 0.130. The number of carboxylic acid groups (broad SMARTS) is 1. The molecule has 0 atom stereocenters. The summed E-state index contributed by atoms with van der Waals surface area (Å²) in [5, 5.41) is 11.2. The van der Waals surface area contributed by atoms with E-state index in [0.29, 0.717) is 6.07 Å². The monoisotopic (exact) mass is 427 g/mol. The minimum absolute atomic E-state index is 0.115. The lowest BCUT2D eigenvalue weighted by molar-refractivity contribution is -0.136. The highest BCUT2D eigenvalue weighted by atomic mass is 19.4. The highest BCUT2D eigenvalue weighted by Gasteiger charge is 2.36. The van der Waals surface area contributed by atoms with Crippen molar-refractivity contribution >= 4 is 17.7 Å². The second-order valence-electron chi connectivity index (χ2n) is 6.98. The van der Waals surface area contributed by atoms with E-state index in [2.05, 4.69) is 0 Å². The van der Waals surface area contributed by atoms with Crippen LogP contribution < -0.4 is 5.32 Å². The van der Waals surface area contributed by atoms with Gasteiger partial charge in [0.25, 0.3) is 0 Å². The summed E-state index contributed by atoms with van der Waals surface area (Å²) in [4.78, 5) is 23.7. The van der Waals surface area contributed by atoms with E-state index in [1.165, 1.54) is 0 Å². The van der Waals surface area contributed by atoms with Crippen LogP contribution in [0.3, 0.4) is 0 Å². The second kappa shape index (κ2) is 7.79. The number of alkyl halides is 3. The van der Waals surface area contributed by atoms with Gasteiger partial charge in [0.1, 0.15) is 6.61 Å². The zero-order valence-corrected chi connectivity index (χ0v) is 15.9. The van der Waals surface area contributed by atoms with Crippen LogP contribution in [0.25, 0.3) is 11.1 Å². The number of carboxylic acids is 1. The van der Waals surface area contributed by atoms with Crippen molar-refractivity contribution < 1.29 is 32.6 Å². The number of anilines is 1. The molecule has 4 rings (SSSR count). The third-order valence-corrected chi connectivity index (χ3v) is 5.17. The van der Waals surface area contributed by atoms with Gasteiger partial charge in [-0.3, -0.25) is 5.32 Å². The fourth-order valence-corrected chi connectivity index (χ4v) is 3.84. The third kappa shape index (κ3) is 3.84. The van der Waals surface area contributed by atoms with Crippen molar-refractivity contribution in [1.82, 2.24) is 0 Å². The summed E-state index contributed by atoms with van der Waals surface area (Å²) in [6, 6.07) is 17.9. The summed E-state index contributed by atoms with van der Waals surface area (Å²) in [6.07, 6.45) is -6.02. The molecule has 1 aliphatic carbocycles. The smallest absolute Gasteiger partial charge is 0.418 e. The molecule has 2 N–H and O–H groups in total.